The standard InChI is InChI=1S/C7H13NO3/c1-4-5(7(2,3)10)11-6(9)8-4/h4-5,10H,1-3H3,(H,8,9). The molecule has 0 aromatic heterocycles. The number of hydrogen-bond acceptors (Lipinski definition) is 3. The highest BCUT2D eigenvalue weighted by Crippen LogP contribution is 2.20. The molecule has 0 radical (unpaired) electrons. The smallest absolute Gasteiger partial charge is 0.407 e. The van der Waals surface area contributed by atoms with Crippen LogP contribution in [0.5, 0.6) is 0 Å². The lowest BCUT2D eigenvalue weighted by molar-refractivity contribution is -0.0425. The zero-order valence-corrected chi connectivity index (χ0v) is 6.92. The molecule has 1 rings (SSSR count). The number of nitrogens with one attached hydrogen (secondary N) is 1. The summed E-state index contributed by atoms with van der Waals surface area (Å²) in [7, 11) is 0. The van der Waals surface area contributed by atoms with Gasteiger partial charge < -0.3 is 15.2 Å². The molecule has 4 nitrogen and oxygen atoms in total. The van der Waals surface area contributed by atoms with Crippen molar-refractivity contribution >= 4 is 6.09 Å². The average molecular weight is 159 g/mol. The summed E-state index contributed by atoms with van der Waals surface area (Å²) in [5.74, 6) is 0. The first-order valence-electron chi connectivity index (χ1n) is 3.61. The minimum absolute atomic E-state index is 0.123. The molecule has 2 unspecified atom stereocenters. The van der Waals surface area contributed by atoms with Crippen molar-refractivity contribution in [3.8, 4) is 0 Å². The van der Waals surface area contributed by atoms with Crippen molar-refractivity contribution in [2.45, 2.75) is 38.5 Å². The first-order chi connectivity index (χ1) is 4.91. The van der Waals surface area contributed by atoms with E-state index in [0.717, 1.165) is 0 Å². The van der Waals surface area contributed by atoms with Gasteiger partial charge in [0.05, 0.1) is 11.6 Å². The van der Waals surface area contributed by atoms with Gasteiger partial charge in [-0.2, -0.15) is 0 Å². The van der Waals surface area contributed by atoms with E-state index in [-0.39, 0.29) is 6.04 Å². The van der Waals surface area contributed by atoms with Gasteiger partial charge in [-0.15, -0.1) is 0 Å². The molecule has 11 heavy (non-hydrogen) atoms. The van der Waals surface area contributed by atoms with Crippen LogP contribution in [0.4, 0.5) is 4.79 Å². The number of amides is 1. The Balaban J connectivity index is 2.67. The molecule has 1 heterocycles. The highest BCUT2D eigenvalue weighted by Gasteiger charge is 2.40. The summed E-state index contributed by atoms with van der Waals surface area (Å²) < 4.78 is 4.84. The van der Waals surface area contributed by atoms with Gasteiger partial charge in [0.2, 0.25) is 0 Å². The molecule has 4 heteroatoms. The number of carbonyl (C=O) groups is 1. The van der Waals surface area contributed by atoms with Crippen molar-refractivity contribution < 1.29 is 14.6 Å². The normalized spacial score (nSPS) is 31.5. The second-order valence-corrected chi connectivity index (χ2v) is 3.41. The van der Waals surface area contributed by atoms with Crippen molar-refractivity contribution in [1.82, 2.24) is 5.32 Å². The summed E-state index contributed by atoms with van der Waals surface area (Å²) in [5, 5.41) is 12.0. The lowest BCUT2D eigenvalue weighted by atomic mass is 9.97. The van der Waals surface area contributed by atoms with Gasteiger partial charge in [0.25, 0.3) is 0 Å². The predicted octanol–water partition coefficient (Wildman–Crippen LogP) is 0.254. The first kappa shape index (κ1) is 8.33. The maximum atomic E-state index is 10.7. The Labute approximate surface area is 65.5 Å². The molecule has 2 atom stereocenters. The summed E-state index contributed by atoms with van der Waals surface area (Å²) in [5.41, 5.74) is -0.974. The van der Waals surface area contributed by atoms with Gasteiger partial charge in [-0.05, 0) is 20.8 Å². The molecule has 0 aromatic rings. The zero-order chi connectivity index (χ0) is 8.65. The molecular formula is C7H13NO3. The van der Waals surface area contributed by atoms with Crippen LogP contribution in [0, 0.1) is 0 Å². The molecule has 0 spiro atoms. The number of alkyl carbamates (subject to hydrolysis) is 1. The Morgan fingerprint density at radius 3 is 2.36 bits per heavy atom. The highest BCUT2D eigenvalue weighted by molar-refractivity contribution is 5.70. The van der Waals surface area contributed by atoms with Crippen molar-refractivity contribution in [3.63, 3.8) is 0 Å². The molecule has 1 amide bonds. The van der Waals surface area contributed by atoms with Gasteiger partial charge in [0.1, 0.15) is 0 Å². The maximum absolute atomic E-state index is 10.7. The van der Waals surface area contributed by atoms with E-state index in [1.165, 1.54) is 0 Å². The number of aliphatic hydroxyl groups is 1. The summed E-state index contributed by atoms with van der Waals surface area (Å²) in [6.45, 7) is 5.04. The fourth-order valence-electron chi connectivity index (χ4n) is 1.27. The Morgan fingerprint density at radius 1 is 1.64 bits per heavy atom. The quantitative estimate of drug-likeness (QED) is 0.576. The second-order valence-electron chi connectivity index (χ2n) is 3.41. The molecule has 0 aliphatic carbocycles. The van der Waals surface area contributed by atoms with E-state index in [2.05, 4.69) is 5.32 Å². The van der Waals surface area contributed by atoms with E-state index in [9.17, 15) is 9.90 Å². The van der Waals surface area contributed by atoms with Crippen LogP contribution in [0.3, 0.4) is 0 Å². The third-order valence-electron chi connectivity index (χ3n) is 1.73. The fraction of sp³-hybridized carbons (Fsp3) is 0.857. The molecule has 1 fully saturated rings. The van der Waals surface area contributed by atoms with Gasteiger partial charge >= 0.3 is 6.09 Å². The van der Waals surface area contributed by atoms with E-state index < -0.39 is 17.8 Å². The Hall–Kier alpha value is -0.770. The van der Waals surface area contributed by atoms with Crippen molar-refractivity contribution in [2.24, 2.45) is 0 Å². The van der Waals surface area contributed by atoms with E-state index in [1.54, 1.807) is 20.8 Å². The SMILES string of the molecule is CC1NC(=O)OC1C(C)(C)O. The largest absolute Gasteiger partial charge is 0.441 e. The molecule has 2 N–H and O–H groups in total. The minimum atomic E-state index is -0.974. The lowest BCUT2D eigenvalue weighted by Gasteiger charge is -2.25. The molecular weight excluding hydrogens is 146 g/mol. The van der Waals surface area contributed by atoms with Gasteiger partial charge in [-0.3, -0.25) is 0 Å². The van der Waals surface area contributed by atoms with Gasteiger partial charge in [-0.1, -0.05) is 0 Å². The molecule has 0 saturated carbocycles. The number of rotatable bonds is 1. The molecule has 0 aromatic carbocycles. The molecule has 0 bridgehead atoms. The molecule has 1 aliphatic rings. The first-order valence-corrected chi connectivity index (χ1v) is 3.61. The molecule has 64 valence electrons. The number of carbonyl (C=O) groups excluding carboxylic acids is 1. The van der Waals surface area contributed by atoms with Crippen molar-refractivity contribution in [3.05, 3.63) is 0 Å². The third-order valence-corrected chi connectivity index (χ3v) is 1.73. The summed E-state index contributed by atoms with van der Waals surface area (Å²) in [6.07, 6.45) is -0.903. The Kier molecular flexibility index (Phi) is 1.80. The number of ether oxygens (including phenoxy) is 1. The Morgan fingerprint density at radius 2 is 2.18 bits per heavy atom. The number of cyclic esters (lactones) is 1. The average Bonchev–Trinajstić information content (AvgIpc) is 2.08. The monoisotopic (exact) mass is 159 g/mol. The third kappa shape index (κ3) is 1.63. The summed E-state index contributed by atoms with van der Waals surface area (Å²) >= 11 is 0. The van der Waals surface area contributed by atoms with Crippen LogP contribution in [0.2, 0.25) is 0 Å². The van der Waals surface area contributed by atoms with E-state index >= 15 is 0 Å². The van der Waals surface area contributed by atoms with E-state index in [0.29, 0.717) is 0 Å². The minimum Gasteiger partial charge on any atom is -0.441 e. The van der Waals surface area contributed by atoms with Crippen LogP contribution in [0.25, 0.3) is 0 Å². The van der Waals surface area contributed by atoms with Gasteiger partial charge in [0, 0.05) is 0 Å². The summed E-state index contributed by atoms with van der Waals surface area (Å²) in [6, 6.07) is -0.123. The molecule has 1 saturated heterocycles. The van der Waals surface area contributed by atoms with E-state index in [4.69, 9.17) is 4.74 Å². The fourth-order valence-corrected chi connectivity index (χ4v) is 1.27. The van der Waals surface area contributed by atoms with E-state index in [1.807, 2.05) is 0 Å². The maximum Gasteiger partial charge on any atom is 0.407 e. The highest BCUT2D eigenvalue weighted by atomic mass is 16.6. The Bertz CT molecular complexity index is 173. The van der Waals surface area contributed by atoms with Crippen LogP contribution < -0.4 is 5.32 Å². The van der Waals surface area contributed by atoms with Crippen LogP contribution in [-0.4, -0.2) is 28.9 Å². The van der Waals surface area contributed by atoms with Crippen molar-refractivity contribution in [2.75, 3.05) is 0 Å². The summed E-state index contributed by atoms with van der Waals surface area (Å²) in [4.78, 5) is 10.7. The van der Waals surface area contributed by atoms with Crippen LogP contribution in [0.15, 0.2) is 0 Å². The lowest BCUT2D eigenvalue weighted by Crippen LogP contribution is -2.43. The van der Waals surface area contributed by atoms with Crippen LogP contribution >= 0.6 is 0 Å². The molecule has 1 aliphatic heterocycles. The second kappa shape index (κ2) is 2.37. The van der Waals surface area contributed by atoms with Crippen molar-refractivity contribution in [1.29, 1.82) is 0 Å². The van der Waals surface area contributed by atoms with Gasteiger partial charge in [0.15, 0.2) is 6.10 Å². The van der Waals surface area contributed by atoms with Crippen LogP contribution in [0.1, 0.15) is 20.8 Å². The van der Waals surface area contributed by atoms with Crippen LogP contribution in [-0.2, 0) is 4.74 Å². The zero-order valence-electron chi connectivity index (χ0n) is 6.92. The number of hydrogen-bond donors (Lipinski definition) is 2. The predicted molar refractivity (Wildman–Crippen MR) is 39.2 cm³/mol. The topological polar surface area (TPSA) is 58.6 Å². The van der Waals surface area contributed by atoms with Gasteiger partial charge in [-0.25, -0.2) is 4.79 Å².